The van der Waals surface area contributed by atoms with E-state index in [4.69, 9.17) is 16.7 Å². The van der Waals surface area contributed by atoms with E-state index in [0.29, 0.717) is 11.9 Å². The zero-order valence-electron chi connectivity index (χ0n) is 18.7. The van der Waals surface area contributed by atoms with Crippen LogP contribution < -0.4 is 5.32 Å². The zero-order valence-corrected chi connectivity index (χ0v) is 20.3. The molecule has 2 fully saturated rings. The van der Waals surface area contributed by atoms with Crippen molar-refractivity contribution in [2.45, 2.75) is 37.2 Å². The summed E-state index contributed by atoms with van der Waals surface area (Å²) >= 11 is 7.74. The number of carbonyl (C=O) groups is 1. The third-order valence-electron chi connectivity index (χ3n) is 7.05. The average molecular weight is 475 g/mol. The van der Waals surface area contributed by atoms with Gasteiger partial charge in [0.15, 0.2) is 10.7 Å². The van der Waals surface area contributed by atoms with Gasteiger partial charge in [0.05, 0.1) is 11.9 Å². The number of benzene rings is 1. The minimum absolute atomic E-state index is 0.0885. The van der Waals surface area contributed by atoms with Crippen LogP contribution >= 0.6 is 23.4 Å². The Hall–Kier alpha value is -1.90. The van der Waals surface area contributed by atoms with E-state index >= 15 is 0 Å². The molecule has 1 unspecified atom stereocenters. The molecule has 4 aliphatic heterocycles. The minimum Gasteiger partial charge on any atom is -0.353 e. The second-order valence-corrected chi connectivity index (χ2v) is 10.7. The molecule has 1 aromatic rings. The number of piperidine rings is 2. The van der Waals surface area contributed by atoms with Gasteiger partial charge in [-0.3, -0.25) is 4.79 Å². The molecule has 1 N–H and O–H groups in total. The lowest BCUT2D eigenvalue weighted by molar-refractivity contribution is -0.138. The van der Waals surface area contributed by atoms with Gasteiger partial charge in [-0.15, -0.1) is 5.10 Å². The second kappa shape index (κ2) is 9.15. The number of hydrogen-bond acceptors (Lipinski definition) is 7. The van der Waals surface area contributed by atoms with Gasteiger partial charge in [-0.2, -0.15) is 0 Å². The van der Waals surface area contributed by atoms with Crippen molar-refractivity contribution in [3.8, 4) is 0 Å². The third-order valence-corrected chi connectivity index (χ3v) is 8.41. The van der Waals surface area contributed by atoms with Crippen LogP contribution in [-0.2, 0) is 4.79 Å². The molecule has 0 bridgehead atoms. The van der Waals surface area contributed by atoms with Gasteiger partial charge in [0, 0.05) is 37.1 Å². The van der Waals surface area contributed by atoms with E-state index in [9.17, 15) is 4.79 Å². The molecule has 0 radical (unpaired) electrons. The summed E-state index contributed by atoms with van der Waals surface area (Å²) in [6, 6.07) is 8.23. The van der Waals surface area contributed by atoms with Gasteiger partial charge < -0.3 is 20.0 Å². The monoisotopic (exact) mass is 474 g/mol. The highest BCUT2D eigenvalue weighted by molar-refractivity contribution is 8.14. The molecule has 5 rings (SSSR count). The van der Waals surface area contributed by atoms with Crippen molar-refractivity contribution < 1.29 is 4.79 Å². The molecule has 0 spiro atoms. The van der Waals surface area contributed by atoms with E-state index in [0.717, 1.165) is 73.3 Å². The molecule has 1 aromatic carbocycles. The van der Waals surface area contributed by atoms with Crippen LogP contribution in [-0.4, -0.2) is 82.6 Å². The van der Waals surface area contributed by atoms with Crippen molar-refractivity contribution in [3.05, 3.63) is 41.1 Å². The fourth-order valence-corrected chi connectivity index (χ4v) is 6.12. The summed E-state index contributed by atoms with van der Waals surface area (Å²) in [4.78, 5) is 19.8. The first kappa shape index (κ1) is 21.9. The summed E-state index contributed by atoms with van der Waals surface area (Å²) in [6.45, 7) is 3.94. The van der Waals surface area contributed by atoms with E-state index in [-0.39, 0.29) is 11.4 Å². The highest BCUT2D eigenvalue weighted by Gasteiger charge is 2.37. The SMILES string of the molecule is CN1CCC(N(C)C(=O)C2CCN(C3=NN4C=C(c5ccc(Cl)cc5)NC4S3)CC2)CC1. The Morgan fingerprint density at radius 3 is 2.47 bits per heavy atom. The van der Waals surface area contributed by atoms with E-state index in [1.54, 1.807) is 11.8 Å². The van der Waals surface area contributed by atoms with Crippen LogP contribution in [0.4, 0.5) is 0 Å². The maximum absolute atomic E-state index is 13.1. The molecular weight excluding hydrogens is 444 g/mol. The predicted octanol–water partition coefficient (Wildman–Crippen LogP) is 3.11. The number of amidine groups is 1. The third kappa shape index (κ3) is 4.45. The first-order valence-electron chi connectivity index (χ1n) is 11.5. The van der Waals surface area contributed by atoms with Crippen LogP contribution in [0.3, 0.4) is 0 Å². The fourth-order valence-electron chi connectivity index (χ4n) is 4.92. The number of thioether (sulfide) groups is 1. The van der Waals surface area contributed by atoms with Crippen molar-refractivity contribution in [2.24, 2.45) is 11.0 Å². The molecular formula is C23H31ClN6OS. The van der Waals surface area contributed by atoms with Crippen LogP contribution in [0, 0.1) is 5.92 Å². The Bertz CT molecular complexity index is 906. The minimum atomic E-state index is 0.0885. The molecule has 4 aliphatic rings. The normalized spacial score (nSPS) is 24.8. The maximum Gasteiger partial charge on any atom is 0.225 e. The van der Waals surface area contributed by atoms with Gasteiger partial charge in [-0.05, 0) is 75.3 Å². The van der Waals surface area contributed by atoms with E-state index < -0.39 is 0 Å². The summed E-state index contributed by atoms with van der Waals surface area (Å²) in [5.74, 6) is 0.468. The number of nitrogens with one attached hydrogen (secondary N) is 1. The van der Waals surface area contributed by atoms with Gasteiger partial charge in [-0.25, -0.2) is 5.01 Å². The number of likely N-dealkylation sites (tertiary alicyclic amines) is 2. The summed E-state index contributed by atoms with van der Waals surface area (Å²) in [6.07, 6.45) is 6.03. The molecule has 0 aromatic heterocycles. The Morgan fingerprint density at radius 2 is 1.81 bits per heavy atom. The number of rotatable bonds is 3. The molecule has 0 saturated carbocycles. The van der Waals surface area contributed by atoms with Crippen LogP contribution in [0.2, 0.25) is 5.02 Å². The van der Waals surface area contributed by atoms with E-state index in [1.807, 2.05) is 41.2 Å². The first-order chi connectivity index (χ1) is 15.5. The smallest absolute Gasteiger partial charge is 0.225 e. The van der Waals surface area contributed by atoms with Gasteiger partial charge in [0.2, 0.25) is 5.91 Å². The average Bonchev–Trinajstić information content (AvgIpc) is 3.39. The summed E-state index contributed by atoms with van der Waals surface area (Å²) in [7, 11) is 4.17. The Labute approximate surface area is 199 Å². The Balaban J connectivity index is 1.15. The van der Waals surface area contributed by atoms with Crippen LogP contribution in [0.5, 0.6) is 0 Å². The summed E-state index contributed by atoms with van der Waals surface area (Å²) in [5, 5.41) is 12.1. The van der Waals surface area contributed by atoms with Crippen molar-refractivity contribution >= 4 is 40.1 Å². The molecule has 1 amide bonds. The van der Waals surface area contributed by atoms with Crippen molar-refractivity contribution in [3.63, 3.8) is 0 Å². The number of nitrogens with zero attached hydrogens (tertiary/aromatic N) is 5. The largest absolute Gasteiger partial charge is 0.353 e. The van der Waals surface area contributed by atoms with Gasteiger partial charge in [0.25, 0.3) is 0 Å². The molecule has 2 saturated heterocycles. The molecule has 172 valence electrons. The molecule has 7 nitrogen and oxygen atoms in total. The topological polar surface area (TPSA) is 54.4 Å². The lowest BCUT2D eigenvalue weighted by Gasteiger charge is -2.38. The number of halogens is 1. The van der Waals surface area contributed by atoms with Crippen molar-refractivity contribution in [1.29, 1.82) is 0 Å². The predicted molar refractivity (Wildman–Crippen MR) is 131 cm³/mol. The van der Waals surface area contributed by atoms with Crippen LogP contribution in [0.25, 0.3) is 5.70 Å². The van der Waals surface area contributed by atoms with Gasteiger partial charge in [0.1, 0.15) is 0 Å². The molecule has 1 atom stereocenters. The lowest BCUT2D eigenvalue weighted by Crippen LogP contribution is -2.48. The van der Waals surface area contributed by atoms with Gasteiger partial charge >= 0.3 is 0 Å². The molecule has 32 heavy (non-hydrogen) atoms. The maximum atomic E-state index is 13.1. The van der Waals surface area contributed by atoms with Crippen LogP contribution in [0.15, 0.2) is 35.6 Å². The van der Waals surface area contributed by atoms with Crippen molar-refractivity contribution in [2.75, 3.05) is 40.3 Å². The molecule has 4 heterocycles. The molecule has 9 heteroatoms. The Kier molecular flexibility index (Phi) is 6.27. The van der Waals surface area contributed by atoms with Gasteiger partial charge in [-0.1, -0.05) is 23.7 Å². The number of amides is 1. The quantitative estimate of drug-likeness (QED) is 0.726. The number of fused-ring (bicyclic) bond motifs is 1. The summed E-state index contributed by atoms with van der Waals surface area (Å²) < 4.78 is 0. The lowest BCUT2D eigenvalue weighted by atomic mass is 9.94. The number of hydrogen-bond donors (Lipinski definition) is 1. The van der Waals surface area contributed by atoms with Crippen molar-refractivity contribution in [1.82, 2.24) is 25.0 Å². The fraction of sp³-hybridized carbons (Fsp3) is 0.565. The Morgan fingerprint density at radius 1 is 1.12 bits per heavy atom. The highest BCUT2D eigenvalue weighted by Crippen LogP contribution is 2.35. The first-order valence-corrected chi connectivity index (χ1v) is 12.7. The molecule has 0 aliphatic carbocycles. The highest BCUT2D eigenvalue weighted by atomic mass is 35.5. The van der Waals surface area contributed by atoms with Crippen LogP contribution in [0.1, 0.15) is 31.2 Å². The number of carbonyl (C=O) groups excluding carboxylic acids is 1. The van der Waals surface area contributed by atoms with E-state index in [2.05, 4.69) is 28.4 Å². The zero-order chi connectivity index (χ0) is 22.2. The standard InChI is InChI=1S/C23H31ClN6OS/c1-27-11-9-19(10-12-27)28(2)21(31)17-7-13-29(14-8-17)23-26-30-15-20(25-22(30)32-23)16-3-5-18(24)6-4-16/h3-6,15,17,19,22,25H,7-14H2,1-2H3. The second-order valence-electron chi connectivity index (χ2n) is 9.17. The summed E-state index contributed by atoms with van der Waals surface area (Å²) in [5.41, 5.74) is 2.25. The number of hydrazone groups is 1. The van der Waals surface area contributed by atoms with E-state index in [1.165, 1.54) is 0 Å².